The molecule has 32 heavy (non-hydrogen) atoms. The average Bonchev–Trinajstić information content (AvgIpc) is 3.00. The van der Waals surface area contributed by atoms with Gasteiger partial charge in [-0.25, -0.2) is 4.39 Å². The van der Waals surface area contributed by atoms with Crippen LogP contribution >= 0.6 is 0 Å². The van der Waals surface area contributed by atoms with Crippen molar-refractivity contribution in [2.75, 3.05) is 39.8 Å². The fourth-order valence-corrected chi connectivity index (χ4v) is 4.56. The Bertz CT molecular complexity index is 932. The number of hydrogen-bond donors (Lipinski definition) is 0. The van der Waals surface area contributed by atoms with E-state index in [4.69, 9.17) is 4.74 Å². The number of nitrogens with zero attached hydrogens (tertiary/aromatic N) is 3. The van der Waals surface area contributed by atoms with Crippen LogP contribution in [-0.4, -0.2) is 72.4 Å². The highest BCUT2D eigenvalue weighted by molar-refractivity contribution is 5.84. The maximum absolute atomic E-state index is 13.1. The Kier molecular flexibility index (Phi) is 7.05. The Morgan fingerprint density at radius 1 is 0.969 bits per heavy atom. The quantitative estimate of drug-likeness (QED) is 0.695. The molecule has 0 saturated carbocycles. The van der Waals surface area contributed by atoms with Gasteiger partial charge in [-0.1, -0.05) is 24.3 Å². The number of methoxy groups -OCH3 is 1. The molecule has 2 aromatic rings. The SMILES string of the molecule is COc1ccc(CC(=O)N2CCCN(C3CCN(Cc4ccc(F)cc4)C3=O)CC2)cc1. The summed E-state index contributed by atoms with van der Waals surface area (Å²) in [6.07, 6.45) is 2.02. The molecule has 0 N–H and O–H groups in total. The monoisotopic (exact) mass is 439 g/mol. The van der Waals surface area contributed by atoms with E-state index in [0.717, 1.165) is 36.3 Å². The third-order valence-electron chi connectivity index (χ3n) is 6.39. The third-order valence-corrected chi connectivity index (χ3v) is 6.39. The van der Waals surface area contributed by atoms with E-state index < -0.39 is 0 Å². The molecule has 1 unspecified atom stereocenters. The first-order chi connectivity index (χ1) is 15.5. The van der Waals surface area contributed by atoms with Gasteiger partial charge in [0, 0.05) is 39.3 Å². The topological polar surface area (TPSA) is 53.1 Å². The lowest BCUT2D eigenvalue weighted by Crippen LogP contribution is -2.44. The van der Waals surface area contributed by atoms with Crippen molar-refractivity contribution in [3.63, 3.8) is 0 Å². The summed E-state index contributed by atoms with van der Waals surface area (Å²) in [7, 11) is 1.63. The van der Waals surface area contributed by atoms with Crippen LogP contribution in [0.2, 0.25) is 0 Å². The van der Waals surface area contributed by atoms with Crippen molar-refractivity contribution in [1.82, 2.24) is 14.7 Å². The first-order valence-corrected chi connectivity index (χ1v) is 11.2. The van der Waals surface area contributed by atoms with Crippen LogP contribution in [0.5, 0.6) is 5.75 Å². The fourth-order valence-electron chi connectivity index (χ4n) is 4.56. The Hall–Kier alpha value is -2.93. The lowest BCUT2D eigenvalue weighted by atomic mass is 10.1. The molecule has 4 rings (SSSR count). The highest BCUT2D eigenvalue weighted by atomic mass is 19.1. The van der Waals surface area contributed by atoms with Crippen LogP contribution in [0, 0.1) is 5.82 Å². The Morgan fingerprint density at radius 2 is 1.69 bits per heavy atom. The molecule has 6 nitrogen and oxygen atoms in total. The van der Waals surface area contributed by atoms with Gasteiger partial charge in [0.2, 0.25) is 11.8 Å². The van der Waals surface area contributed by atoms with E-state index in [-0.39, 0.29) is 23.7 Å². The predicted octanol–water partition coefficient (Wildman–Crippen LogP) is 2.71. The lowest BCUT2D eigenvalue weighted by molar-refractivity contribution is -0.132. The van der Waals surface area contributed by atoms with Crippen molar-refractivity contribution in [1.29, 1.82) is 0 Å². The van der Waals surface area contributed by atoms with Crippen LogP contribution in [0.1, 0.15) is 24.0 Å². The first-order valence-electron chi connectivity index (χ1n) is 11.2. The molecule has 0 aliphatic carbocycles. The molecular formula is C25H30FN3O3. The van der Waals surface area contributed by atoms with Gasteiger partial charge < -0.3 is 14.5 Å². The maximum Gasteiger partial charge on any atom is 0.240 e. The van der Waals surface area contributed by atoms with E-state index in [2.05, 4.69) is 4.90 Å². The molecule has 2 aliphatic rings. The molecule has 0 aromatic heterocycles. The second-order valence-electron chi connectivity index (χ2n) is 8.49. The predicted molar refractivity (Wildman–Crippen MR) is 120 cm³/mol. The van der Waals surface area contributed by atoms with Gasteiger partial charge in [-0.2, -0.15) is 0 Å². The zero-order valence-corrected chi connectivity index (χ0v) is 18.5. The average molecular weight is 440 g/mol. The smallest absolute Gasteiger partial charge is 0.240 e. The van der Waals surface area contributed by atoms with Gasteiger partial charge in [0.15, 0.2) is 0 Å². The van der Waals surface area contributed by atoms with Crippen molar-refractivity contribution in [2.24, 2.45) is 0 Å². The van der Waals surface area contributed by atoms with Gasteiger partial charge in [-0.15, -0.1) is 0 Å². The van der Waals surface area contributed by atoms with E-state index in [9.17, 15) is 14.0 Å². The molecule has 0 bridgehead atoms. The number of amides is 2. The summed E-state index contributed by atoms with van der Waals surface area (Å²) < 4.78 is 18.3. The number of benzene rings is 2. The van der Waals surface area contributed by atoms with E-state index in [0.29, 0.717) is 39.1 Å². The molecule has 7 heteroatoms. The number of ether oxygens (including phenoxy) is 1. The fraction of sp³-hybridized carbons (Fsp3) is 0.440. The maximum atomic E-state index is 13.1. The van der Waals surface area contributed by atoms with Crippen molar-refractivity contribution < 1.29 is 18.7 Å². The number of hydrogen-bond acceptors (Lipinski definition) is 4. The molecule has 170 valence electrons. The van der Waals surface area contributed by atoms with Crippen LogP contribution in [0.25, 0.3) is 0 Å². The molecule has 2 fully saturated rings. The van der Waals surface area contributed by atoms with Gasteiger partial charge in [0.1, 0.15) is 11.6 Å². The molecule has 0 spiro atoms. The standard InChI is InChI=1S/C25H30FN3O3/c1-32-22-9-5-19(6-10-22)17-24(30)28-13-2-12-27(15-16-28)23-11-14-29(25(23)31)18-20-3-7-21(26)8-4-20/h3-10,23H,2,11-18H2,1H3. The number of rotatable bonds is 6. The summed E-state index contributed by atoms with van der Waals surface area (Å²) in [5.74, 6) is 0.761. The van der Waals surface area contributed by atoms with Gasteiger partial charge in [-0.3, -0.25) is 14.5 Å². The number of halogens is 1. The zero-order valence-electron chi connectivity index (χ0n) is 18.5. The minimum Gasteiger partial charge on any atom is -0.497 e. The summed E-state index contributed by atoms with van der Waals surface area (Å²) in [4.78, 5) is 31.8. The molecule has 2 saturated heterocycles. The largest absolute Gasteiger partial charge is 0.497 e. The minimum atomic E-state index is -0.268. The van der Waals surface area contributed by atoms with Crippen molar-refractivity contribution in [2.45, 2.75) is 31.8 Å². The van der Waals surface area contributed by atoms with Gasteiger partial charge in [-0.05, 0) is 48.2 Å². The summed E-state index contributed by atoms with van der Waals surface area (Å²) in [5, 5.41) is 0. The van der Waals surface area contributed by atoms with Crippen molar-refractivity contribution >= 4 is 11.8 Å². The molecule has 2 aromatic carbocycles. The molecule has 2 aliphatic heterocycles. The third kappa shape index (κ3) is 5.27. The molecular weight excluding hydrogens is 409 g/mol. The molecule has 1 atom stereocenters. The summed E-state index contributed by atoms with van der Waals surface area (Å²) in [6, 6.07) is 13.8. The van der Waals surface area contributed by atoms with Gasteiger partial charge in [0.25, 0.3) is 0 Å². The Balaban J connectivity index is 1.30. The Labute approximate surface area is 188 Å². The highest BCUT2D eigenvalue weighted by Gasteiger charge is 2.36. The summed E-state index contributed by atoms with van der Waals surface area (Å²) in [6.45, 7) is 4.08. The second kappa shape index (κ2) is 10.1. The van der Waals surface area contributed by atoms with Gasteiger partial charge in [0.05, 0.1) is 19.6 Å². The lowest BCUT2D eigenvalue weighted by Gasteiger charge is -2.26. The molecule has 2 amide bonds. The van der Waals surface area contributed by atoms with E-state index in [1.807, 2.05) is 34.1 Å². The van der Waals surface area contributed by atoms with Crippen molar-refractivity contribution in [3.8, 4) is 5.75 Å². The number of carbonyl (C=O) groups excluding carboxylic acids is 2. The zero-order chi connectivity index (χ0) is 22.5. The van der Waals surface area contributed by atoms with Gasteiger partial charge >= 0.3 is 0 Å². The van der Waals surface area contributed by atoms with Crippen LogP contribution in [-0.2, 0) is 22.6 Å². The molecule has 0 radical (unpaired) electrons. The summed E-state index contributed by atoms with van der Waals surface area (Å²) in [5.41, 5.74) is 1.91. The number of likely N-dealkylation sites (tertiary alicyclic amines) is 1. The minimum absolute atomic E-state index is 0.118. The van der Waals surface area contributed by atoms with Crippen molar-refractivity contribution in [3.05, 3.63) is 65.5 Å². The van der Waals surface area contributed by atoms with E-state index in [1.165, 1.54) is 12.1 Å². The highest BCUT2D eigenvalue weighted by Crippen LogP contribution is 2.22. The van der Waals surface area contributed by atoms with E-state index in [1.54, 1.807) is 19.2 Å². The first kappa shape index (κ1) is 22.3. The number of carbonyl (C=O) groups is 2. The van der Waals surface area contributed by atoms with Crippen LogP contribution < -0.4 is 4.74 Å². The Morgan fingerprint density at radius 3 is 2.41 bits per heavy atom. The van der Waals surface area contributed by atoms with Crippen LogP contribution in [0.4, 0.5) is 4.39 Å². The summed E-state index contributed by atoms with van der Waals surface area (Å²) >= 11 is 0. The molecule has 2 heterocycles. The normalized spacial score (nSPS) is 19.8. The second-order valence-corrected chi connectivity index (χ2v) is 8.49. The van der Waals surface area contributed by atoms with E-state index >= 15 is 0 Å². The van der Waals surface area contributed by atoms with Crippen LogP contribution in [0.3, 0.4) is 0 Å². The van der Waals surface area contributed by atoms with Crippen LogP contribution in [0.15, 0.2) is 48.5 Å².